The molecule has 3 rings (SSSR count). The van der Waals surface area contributed by atoms with Crippen LogP contribution in [0.4, 0.5) is 0 Å². The fraction of sp³-hybridized carbons (Fsp3) is 0.286. The second-order valence-electron chi connectivity index (χ2n) is 6.10. The second kappa shape index (κ2) is 9.41. The summed E-state index contributed by atoms with van der Waals surface area (Å²) >= 11 is 1.27. The number of fused-ring (bicyclic) bond motifs is 1. The normalized spacial score (nSPS) is 15.2. The minimum absolute atomic E-state index is 0.0655. The van der Waals surface area contributed by atoms with Gasteiger partial charge in [-0.05, 0) is 23.3 Å². The fourth-order valence-electron chi connectivity index (χ4n) is 2.96. The molecule has 1 fully saturated rings. The molecule has 1 amide bonds. The van der Waals surface area contributed by atoms with Crippen molar-refractivity contribution in [1.82, 2.24) is 4.90 Å². The summed E-state index contributed by atoms with van der Waals surface area (Å²) in [4.78, 5) is 37.3. The summed E-state index contributed by atoms with van der Waals surface area (Å²) in [5.74, 6) is -0.704. The third-order valence-electron chi connectivity index (χ3n) is 4.23. The summed E-state index contributed by atoms with van der Waals surface area (Å²) in [5.41, 5.74) is 0.902. The van der Waals surface area contributed by atoms with Gasteiger partial charge in [0.15, 0.2) is 0 Å². The zero-order chi connectivity index (χ0) is 19.9. The maximum atomic E-state index is 12.2. The molecule has 7 heteroatoms. The monoisotopic (exact) mass is 399 g/mol. The highest BCUT2D eigenvalue weighted by Gasteiger charge is 2.27. The molecule has 0 aliphatic carbocycles. The van der Waals surface area contributed by atoms with Crippen LogP contribution < -0.4 is 0 Å². The third-order valence-corrected chi connectivity index (χ3v) is 5.26. The first-order valence-electron chi connectivity index (χ1n) is 9.02. The maximum absolute atomic E-state index is 12.2. The van der Waals surface area contributed by atoms with Crippen molar-refractivity contribution in [3.63, 3.8) is 0 Å². The van der Waals surface area contributed by atoms with Gasteiger partial charge in [-0.3, -0.25) is 9.59 Å². The molecule has 2 aromatic rings. The van der Waals surface area contributed by atoms with E-state index >= 15 is 0 Å². The first kappa shape index (κ1) is 19.9. The Morgan fingerprint density at radius 3 is 2.75 bits per heavy atom. The van der Waals surface area contributed by atoms with Gasteiger partial charge in [-0.1, -0.05) is 54.2 Å². The Morgan fingerprint density at radius 2 is 1.93 bits per heavy atom. The molecule has 0 radical (unpaired) electrons. The van der Waals surface area contributed by atoms with Gasteiger partial charge in [0.1, 0.15) is 6.61 Å². The van der Waals surface area contributed by atoms with Gasteiger partial charge in [0.25, 0.3) is 0 Å². The van der Waals surface area contributed by atoms with Crippen molar-refractivity contribution in [1.29, 1.82) is 0 Å². The predicted octanol–water partition coefficient (Wildman–Crippen LogP) is 2.91. The van der Waals surface area contributed by atoms with E-state index < -0.39 is 5.97 Å². The number of carbonyl (C=O) groups excluding carboxylic acids is 3. The molecule has 1 aliphatic heterocycles. The highest BCUT2D eigenvalue weighted by molar-refractivity contribution is 8.04. The number of thioether (sulfide) groups is 1. The van der Waals surface area contributed by atoms with Crippen LogP contribution in [0, 0.1) is 0 Å². The van der Waals surface area contributed by atoms with Crippen molar-refractivity contribution >= 4 is 40.4 Å². The van der Waals surface area contributed by atoms with E-state index in [9.17, 15) is 14.4 Å². The lowest BCUT2D eigenvalue weighted by Gasteiger charge is -2.17. The Kier molecular flexibility index (Phi) is 6.71. The molecule has 1 heterocycles. The standard InChI is InChI=1S/C21H21NO5S/c1-2-26-21(25)13-19-22(18(23)14-28-19)10-11-27-20(24)12-16-8-5-7-15-6-3-4-9-17(15)16/h3-9,13H,2,10-12,14H2,1H3/b19-13-. The number of rotatable bonds is 7. The average Bonchev–Trinajstić information content (AvgIpc) is 3.02. The van der Waals surface area contributed by atoms with Crippen LogP contribution in [-0.2, 0) is 30.3 Å². The molecule has 6 nitrogen and oxygen atoms in total. The molecule has 0 unspecified atom stereocenters. The van der Waals surface area contributed by atoms with E-state index in [1.807, 2.05) is 42.5 Å². The predicted molar refractivity (Wildman–Crippen MR) is 107 cm³/mol. The Hall–Kier alpha value is -2.80. The number of hydrogen-bond acceptors (Lipinski definition) is 6. The molecule has 146 valence electrons. The lowest BCUT2D eigenvalue weighted by Crippen LogP contribution is -2.29. The summed E-state index contributed by atoms with van der Waals surface area (Å²) in [5, 5.41) is 2.61. The number of ether oxygens (including phenoxy) is 2. The lowest BCUT2D eigenvalue weighted by atomic mass is 10.0. The maximum Gasteiger partial charge on any atom is 0.333 e. The van der Waals surface area contributed by atoms with Crippen LogP contribution in [0.25, 0.3) is 10.8 Å². The second-order valence-corrected chi connectivity index (χ2v) is 7.10. The largest absolute Gasteiger partial charge is 0.464 e. The number of amides is 1. The van der Waals surface area contributed by atoms with E-state index in [0.717, 1.165) is 16.3 Å². The molecule has 0 aromatic heterocycles. The zero-order valence-corrected chi connectivity index (χ0v) is 16.4. The minimum Gasteiger partial charge on any atom is -0.464 e. The SMILES string of the molecule is CCOC(=O)/C=C1\SCC(=O)N1CCOC(=O)Cc1cccc2ccccc12. The van der Waals surface area contributed by atoms with E-state index in [2.05, 4.69) is 0 Å². The van der Waals surface area contributed by atoms with E-state index in [-0.39, 0.29) is 43.8 Å². The summed E-state index contributed by atoms with van der Waals surface area (Å²) in [6, 6.07) is 13.7. The van der Waals surface area contributed by atoms with E-state index in [1.165, 1.54) is 22.7 Å². The molecule has 0 N–H and O–H groups in total. The van der Waals surface area contributed by atoms with E-state index in [1.54, 1.807) is 6.92 Å². The van der Waals surface area contributed by atoms with Crippen LogP contribution in [0.5, 0.6) is 0 Å². The number of nitrogens with zero attached hydrogens (tertiary/aromatic N) is 1. The first-order chi connectivity index (χ1) is 13.6. The summed E-state index contributed by atoms with van der Waals surface area (Å²) < 4.78 is 10.2. The van der Waals surface area contributed by atoms with Gasteiger partial charge in [-0.2, -0.15) is 0 Å². The van der Waals surface area contributed by atoms with Crippen LogP contribution in [-0.4, -0.2) is 48.3 Å². The summed E-state index contributed by atoms with van der Waals surface area (Å²) in [7, 11) is 0. The van der Waals surface area contributed by atoms with Gasteiger partial charge in [0.2, 0.25) is 5.91 Å². The quantitative estimate of drug-likeness (QED) is 0.527. The summed E-state index contributed by atoms with van der Waals surface area (Å²) in [6.45, 7) is 2.26. The van der Waals surface area contributed by atoms with Crippen LogP contribution in [0.3, 0.4) is 0 Å². The molecule has 28 heavy (non-hydrogen) atoms. The van der Waals surface area contributed by atoms with Gasteiger partial charge < -0.3 is 14.4 Å². The van der Waals surface area contributed by atoms with Gasteiger partial charge in [0.05, 0.1) is 36.4 Å². The highest BCUT2D eigenvalue weighted by Crippen LogP contribution is 2.28. The Labute approximate surface area is 167 Å². The van der Waals surface area contributed by atoms with Crippen LogP contribution in [0.2, 0.25) is 0 Å². The topological polar surface area (TPSA) is 72.9 Å². The van der Waals surface area contributed by atoms with E-state index in [4.69, 9.17) is 9.47 Å². The zero-order valence-electron chi connectivity index (χ0n) is 15.6. The van der Waals surface area contributed by atoms with Crippen molar-refractivity contribution in [2.24, 2.45) is 0 Å². The van der Waals surface area contributed by atoms with Gasteiger partial charge >= 0.3 is 11.9 Å². The van der Waals surface area contributed by atoms with Gasteiger partial charge in [-0.25, -0.2) is 4.79 Å². The van der Waals surface area contributed by atoms with Gasteiger partial charge in [0, 0.05) is 0 Å². The van der Waals surface area contributed by atoms with Crippen LogP contribution in [0.1, 0.15) is 12.5 Å². The molecule has 1 aliphatic rings. The molecule has 0 spiro atoms. The molecule has 0 bridgehead atoms. The van der Waals surface area contributed by atoms with Crippen molar-refractivity contribution in [2.45, 2.75) is 13.3 Å². The van der Waals surface area contributed by atoms with Gasteiger partial charge in [-0.15, -0.1) is 0 Å². The Morgan fingerprint density at radius 1 is 1.14 bits per heavy atom. The van der Waals surface area contributed by atoms with Crippen LogP contribution >= 0.6 is 11.8 Å². The average molecular weight is 399 g/mol. The Balaban J connectivity index is 1.56. The van der Waals surface area contributed by atoms with Crippen molar-refractivity contribution in [3.8, 4) is 0 Å². The van der Waals surface area contributed by atoms with Crippen molar-refractivity contribution in [3.05, 3.63) is 59.1 Å². The number of carbonyl (C=O) groups is 3. The molecule has 0 atom stereocenters. The number of benzene rings is 2. The lowest BCUT2D eigenvalue weighted by molar-refractivity contribution is -0.144. The minimum atomic E-state index is -0.488. The highest BCUT2D eigenvalue weighted by atomic mass is 32.2. The number of hydrogen-bond donors (Lipinski definition) is 0. The molecule has 1 saturated heterocycles. The van der Waals surface area contributed by atoms with E-state index in [0.29, 0.717) is 5.03 Å². The van der Waals surface area contributed by atoms with Crippen molar-refractivity contribution in [2.75, 3.05) is 25.5 Å². The molecular weight excluding hydrogens is 378 g/mol. The van der Waals surface area contributed by atoms with Crippen LogP contribution in [0.15, 0.2) is 53.6 Å². The Bertz CT molecular complexity index is 919. The molecular formula is C21H21NO5S. The molecule has 0 saturated carbocycles. The smallest absolute Gasteiger partial charge is 0.333 e. The first-order valence-corrected chi connectivity index (χ1v) is 10.0. The fourth-order valence-corrected chi connectivity index (χ4v) is 3.91. The third kappa shape index (κ3) is 4.92. The van der Waals surface area contributed by atoms with Crippen molar-refractivity contribution < 1.29 is 23.9 Å². The molecule has 2 aromatic carbocycles. The number of esters is 2. The summed E-state index contributed by atoms with van der Waals surface area (Å²) in [6.07, 6.45) is 1.46.